The van der Waals surface area contributed by atoms with Crippen molar-refractivity contribution in [1.29, 1.82) is 0 Å². The lowest BCUT2D eigenvalue weighted by Crippen LogP contribution is -2.26. The Labute approximate surface area is 96.1 Å². The second-order valence-electron chi connectivity index (χ2n) is 3.32. The van der Waals surface area contributed by atoms with E-state index in [2.05, 4.69) is 4.74 Å². The van der Waals surface area contributed by atoms with E-state index in [9.17, 15) is 18.0 Å². The minimum Gasteiger partial charge on any atom is -0.497 e. The minimum atomic E-state index is -4.97. The van der Waals surface area contributed by atoms with Crippen molar-refractivity contribution in [3.05, 3.63) is 29.8 Å². The SMILES string of the molecule is COc1ccc(C(C)OC(=O)C(F)(F)F)cc1. The lowest BCUT2D eigenvalue weighted by Gasteiger charge is -2.15. The molecule has 0 aliphatic carbocycles. The van der Waals surface area contributed by atoms with Crippen LogP contribution in [0.25, 0.3) is 0 Å². The summed E-state index contributed by atoms with van der Waals surface area (Å²) in [6, 6.07) is 6.22. The maximum atomic E-state index is 11.9. The normalized spacial score (nSPS) is 13.0. The molecular formula is C11H11F3O3. The number of benzene rings is 1. The van der Waals surface area contributed by atoms with Crippen LogP contribution in [0.5, 0.6) is 5.75 Å². The van der Waals surface area contributed by atoms with Crippen LogP contribution in [0.3, 0.4) is 0 Å². The molecular weight excluding hydrogens is 237 g/mol. The van der Waals surface area contributed by atoms with Gasteiger partial charge in [0.2, 0.25) is 0 Å². The first-order valence-electron chi connectivity index (χ1n) is 4.76. The molecule has 0 heterocycles. The summed E-state index contributed by atoms with van der Waals surface area (Å²) >= 11 is 0. The number of alkyl halides is 3. The lowest BCUT2D eigenvalue weighted by atomic mass is 10.1. The van der Waals surface area contributed by atoms with Gasteiger partial charge in [0, 0.05) is 0 Å². The summed E-state index contributed by atoms with van der Waals surface area (Å²) < 4.78 is 45.0. The zero-order valence-corrected chi connectivity index (χ0v) is 9.25. The third kappa shape index (κ3) is 3.65. The van der Waals surface area contributed by atoms with Gasteiger partial charge in [0.1, 0.15) is 11.9 Å². The first-order valence-corrected chi connectivity index (χ1v) is 4.76. The van der Waals surface area contributed by atoms with Crippen molar-refractivity contribution in [1.82, 2.24) is 0 Å². The van der Waals surface area contributed by atoms with Crippen molar-refractivity contribution >= 4 is 5.97 Å². The predicted molar refractivity (Wildman–Crippen MR) is 53.6 cm³/mol. The van der Waals surface area contributed by atoms with Crippen molar-refractivity contribution < 1.29 is 27.4 Å². The Hall–Kier alpha value is -1.72. The quantitative estimate of drug-likeness (QED) is 0.771. The number of halogens is 3. The monoisotopic (exact) mass is 248 g/mol. The van der Waals surface area contributed by atoms with E-state index >= 15 is 0 Å². The highest BCUT2D eigenvalue weighted by atomic mass is 19.4. The average Bonchev–Trinajstić information content (AvgIpc) is 2.27. The summed E-state index contributed by atoms with van der Waals surface area (Å²) in [6.45, 7) is 1.37. The number of hydrogen-bond donors (Lipinski definition) is 0. The fraction of sp³-hybridized carbons (Fsp3) is 0.364. The van der Waals surface area contributed by atoms with Crippen molar-refractivity contribution in [2.75, 3.05) is 7.11 Å². The van der Waals surface area contributed by atoms with Gasteiger partial charge in [0.05, 0.1) is 7.11 Å². The number of carbonyl (C=O) groups excluding carboxylic acids is 1. The predicted octanol–water partition coefficient (Wildman–Crippen LogP) is 2.86. The molecule has 1 rings (SSSR count). The van der Waals surface area contributed by atoms with E-state index < -0.39 is 18.2 Å². The molecule has 3 nitrogen and oxygen atoms in total. The Morgan fingerprint density at radius 1 is 1.24 bits per heavy atom. The number of ether oxygens (including phenoxy) is 2. The molecule has 1 unspecified atom stereocenters. The topological polar surface area (TPSA) is 35.5 Å². The van der Waals surface area contributed by atoms with Gasteiger partial charge in [-0.3, -0.25) is 0 Å². The van der Waals surface area contributed by atoms with E-state index in [0.29, 0.717) is 11.3 Å². The van der Waals surface area contributed by atoms with Crippen LogP contribution >= 0.6 is 0 Å². The molecule has 94 valence electrons. The lowest BCUT2D eigenvalue weighted by molar-refractivity contribution is -0.204. The fourth-order valence-electron chi connectivity index (χ4n) is 1.17. The van der Waals surface area contributed by atoms with Crippen molar-refractivity contribution in [2.24, 2.45) is 0 Å². The maximum absolute atomic E-state index is 11.9. The van der Waals surface area contributed by atoms with E-state index in [1.165, 1.54) is 26.2 Å². The smallest absolute Gasteiger partial charge is 0.490 e. The number of rotatable bonds is 3. The molecule has 1 atom stereocenters. The maximum Gasteiger partial charge on any atom is 0.490 e. The van der Waals surface area contributed by atoms with E-state index in [1.54, 1.807) is 12.1 Å². The van der Waals surface area contributed by atoms with Gasteiger partial charge in [-0.15, -0.1) is 0 Å². The van der Waals surface area contributed by atoms with Crippen LogP contribution in [-0.4, -0.2) is 19.3 Å². The summed E-state index contributed by atoms with van der Waals surface area (Å²) in [5.41, 5.74) is 0.461. The first-order chi connectivity index (χ1) is 7.84. The summed E-state index contributed by atoms with van der Waals surface area (Å²) in [5, 5.41) is 0. The van der Waals surface area contributed by atoms with Crippen molar-refractivity contribution in [3.63, 3.8) is 0 Å². The molecule has 0 aliphatic rings. The van der Waals surface area contributed by atoms with Crippen molar-refractivity contribution in [3.8, 4) is 5.75 Å². The van der Waals surface area contributed by atoms with Crippen LogP contribution in [0.4, 0.5) is 13.2 Å². The second-order valence-corrected chi connectivity index (χ2v) is 3.32. The van der Waals surface area contributed by atoms with Crippen LogP contribution in [0.1, 0.15) is 18.6 Å². The molecule has 6 heteroatoms. The highest BCUT2D eigenvalue weighted by Gasteiger charge is 2.41. The summed E-state index contributed by atoms with van der Waals surface area (Å²) in [4.78, 5) is 10.6. The van der Waals surface area contributed by atoms with Gasteiger partial charge in [-0.25, -0.2) is 4.79 Å². The Morgan fingerprint density at radius 3 is 2.18 bits per heavy atom. The highest BCUT2D eigenvalue weighted by molar-refractivity contribution is 5.75. The molecule has 0 saturated carbocycles. The molecule has 0 bridgehead atoms. The van der Waals surface area contributed by atoms with Crippen LogP contribution in [0.2, 0.25) is 0 Å². The average molecular weight is 248 g/mol. The zero-order chi connectivity index (χ0) is 13.1. The van der Waals surface area contributed by atoms with Gasteiger partial charge < -0.3 is 9.47 Å². The third-order valence-electron chi connectivity index (χ3n) is 2.10. The molecule has 1 aromatic carbocycles. The molecule has 0 aliphatic heterocycles. The van der Waals surface area contributed by atoms with Gasteiger partial charge >= 0.3 is 12.1 Å². The molecule has 0 saturated heterocycles. The largest absolute Gasteiger partial charge is 0.497 e. The Balaban J connectivity index is 2.70. The number of methoxy groups -OCH3 is 1. The number of esters is 1. The van der Waals surface area contributed by atoms with Crippen molar-refractivity contribution in [2.45, 2.75) is 19.2 Å². The molecule has 0 amide bonds. The van der Waals surface area contributed by atoms with E-state index in [4.69, 9.17) is 4.74 Å². The van der Waals surface area contributed by atoms with Gasteiger partial charge in [0.25, 0.3) is 0 Å². The first kappa shape index (κ1) is 13.3. The molecule has 17 heavy (non-hydrogen) atoms. The van der Waals surface area contributed by atoms with Gasteiger partial charge in [-0.05, 0) is 24.6 Å². The molecule has 1 aromatic rings. The minimum absolute atomic E-state index is 0.461. The van der Waals surface area contributed by atoms with Gasteiger partial charge in [-0.1, -0.05) is 12.1 Å². The van der Waals surface area contributed by atoms with Crippen LogP contribution in [-0.2, 0) is 9.53 Å². The second kappa shape index (κ2) is 5.07. The van der Waals surface area contributed by atoms with E-state index in [0.717, 1.165) is 0 Å². The Morgan fingerprint density at radius 2 is 1.76 bits per heavy atom. The highest BCUT2D eigenvalue weighted by Crippen LogP contribution is 2.24. The summed E-state index contributed by atoms with van der Waals surface area (Å²) in [5.74, 6) is -1.62. The Kier molecular flexibility index (Phi) is 3.98. The van der Waals surface area contributed by atoms with Crippen LogP contribution in [0.15, 0.2) is 24.3 Å². The molecule has 0 spiro atoms. The number of carbonyl (C=O) groups is 1. The number of hydrogen-bond acceptors (Lipinski definition) is 3. The van der Waals surface area contributed by atoms with Crippen LogP contribution < -0.4 is 4.74 Å². The van der Waals surface area contributed by atoms with E-state index in [1.807, 2.05) is 0 Å². The molecule has 0 aromatic heterocycles. The van der Waals surface area contributed by atoms with Crippen LogP contribution in [0, 0.1) is 0 Å². The van der Waals surface area contributed by atoms with Gasteiger partial charge in [-0.2, -0.15) is 13.2 Å². The standard InChI is InChI=1S/C11H11F3O3/c1-7(17-10(15)11(12,13)14)8-3-5-9(16-2)6-4-8/h3-7H,1-2H3. The van der Waals surface area contributed by atoms with Gasteiger partial charge in [0.15, 0.2) is 0 Å². The Bertz CT molecular complexity index is 384. The third-order valence-corrected chi connectivity index (χ3v) is 2.10. The zero-order valence-electron chi connectivity index (χ0n) is 9.25. The van der Waals surface area contributed by atoms with E-state index in [-0.39, 0.29) is 0 Å². The molecule has 0 radical (unpaired) electrons. The fourth-order valence-corrected chi connectivity index (χ4v) is 1.17. The summed E-state index contributed by atoms with van der Waals surface area (Å²) in [7, 11) is 1.47. The molecule has 0 N–H and O–H groups in total. The summed E-state index contributed by atoms with van der Waals surface area (Å²) in [6.07, 6.45) is -5.93. The molecule has 0 fully saturated rings.